The SMILES string of the molecule is COC(=O)c1cccnc1NC1CCCCCC1C. The van der Waals surface area contributed by atoms with E-state index in [2.05, 4.69) is 17.2 Å². The molecule has 4 nitrogen and oxygen atoms in total. The summed E-state index contributed by atoms with van der Waals surface area (Å²) in [6.07, 6.45) is 7.91. The summed E-state index contributed by atoms with van der Waals surface area (Å²) in [5.74, 6) is 0.917. The number of nitrogens with zero attached hydrogens (tertiary/aromatic N) is 1. The number of carbonyl (C=O) groups is 1. The first kappa shape index (κ1) is 13.8. The molecular weight excluding hydrogens is 240 g/mol. The Kier molecular flexibility index (Phi) is 4.77. The molecule has 0 aromatic carbocycles. The van der Waals surface area contributed by atoms with Gasteiger partial charge in [-0.2, -0.15) is 0 Å². The zero-order valence-electron chi connectivity index (χ0n) is 11.7. The lowest BCUT2D eigenvalue weighted by molar-refractivity contribution is 0.0601. The number of rotatable bonds is 3. The zero-order valence-corrected chi connectivity index (χ0v) is 11.7. The second-order valence-electron chi connectivity index (χ2n) is 5.26. The third kappa shape index (κ3) is 3.46. The van der Waals surface area contributed by atoms with Crippen molar-refractivity contribution in [1.29, 1.82) is 0 Å². The molecule has 104 valence electrons. The van der Waals surface area contributed by atoms with Crippen LogP contribution in [-0.4, -0.2) is 24.1 Å². The van der Waals surface area contributed by atoms with E-state index in [0.29, 0.717) is 23.3 Å². The molecule has 1 N–H and O–H groups in total. The number of pyridine rings is 1. The van der Waals surface area contributed by atoms with Gasteiger partial charge in [0.2, 0.25) is 0 Å². The first-order chi connectivity index (χ1) is 9.22. The van der Waals surface area contributed by atoms with Crippen molar-refractivity contribution in [2.75, 3.05) is 12.4 Å². The van der Waals surface area contributed by atoms with Crippen molar-refractivity contribution >= 4 is 11.8 Å². The normalized spacial score (nSPS) is 23.5. The number of ether oxygens (including phenoxy) is 1. The lowest BCUT2D eigenvalue weighted by Gasteiger charge is -2.24. The average Bonchev–Trinajstić information content (AvgIpc) is 2.64. The maximum Gasteiger partial charge on any atom is 0.341 e. The Bertz CT molecular complexity index is 434. The number of hydrogen-bond acceptors (Lipinski definition) is 4. The molecule has 1 aromatic heterocycles. The average molecular weight is 262 g/mol. The van der Waals surface area contributed by atoms with Gasteiger partial charge in [0.05, 0.1) is 7.11 Å². The Morgan fingerprint density at radius 1 is 1.37 bits per heavy atom. The molecule has 0 bridgehead atoms. The standard InChI is InChI=1S/C15H22N2O2/c1-11-7-4-3-5-9-13(11)17-14-12(15(18)19-2)8-6-10-16-14/h6,8,10-11,13H,3-5,7,9H2,1-2H3,(H,16,17). The highest BCUT2D eigenvalue weighted by molar-refractivity contribution is 5.94. The minimum atomic E-state index is -0.336. The van der Waals surface area contributed by atoms with E-state index >= 15 is 0 Å². The first-order valence-corrected chi connectivity index (χ1v) is 7.02. The van der Waals surface area contributed by atoms with Crippen molar-refractivity contribution in [2.45, 2.75) is 45.1 Å². The lowest BCUT2D eigenvalue weighted by Crippen LogP contribution is -2.27. The van der Waals surface area contributed by atoms with Gasteiger partial charge in [0.15, 0.2) is 0 Å². The van der Waals surface area contributed by atoms with Crippen molar-refractivity contribution < 1.29 is 9.53 Å². The molecule has 2 rings (SSSR count). The van der Waals surface area contributed by atoms with Gasteiger partial charge in [-0.1, -0.05) is 26.2 Å². The van der Waals surface area contributed by atoms with Gasteiger partial charge >= 0.3 is 5.97 Å². The Morgan fingerprint density at radius 2 is 2.16 bits per heavy atom. The van der Waals surface area contributed by atoms with Crippen molar-refractivity contribution in [3.8, 4) is 0 Å². The van der Waals surface area contributed by atoms with Crippen LogP contribution in [-0.2, 0) is 4.74 Å². The Morgan fingerprint density at radius 3 is 2.95 bits per heavy atom. The van der Waals surface area contributed by atoms with Crippen LogP contribution in [0.15, 0.2) is 18.3 Å². The molecule has 2 unspecified atom stereocenters. The van der Waals surface area contributed by atoms with Gasteiger partial charge in [-0.15, -0.1) is 0 Å². The molecule has 4 heteroatoms. The molecule has 1 aliphatic rings. The molecule has 0 spiro atoms. The molecule has 0 radical (unpaired) electrons. The summed E-state index contributed by atoms with van der Waals surface area (Å²) in [5.41, 5.74) is 0.515. The van der Waals surface area contributed by atoms with Crippen LogP contribution < -0.4 is 5.32 Å². The van der Waals surface area contributed by atoms with Crippen molar-refractivity contribution in [1.82, 2.24) is 4.98 Å². The fraction of sp³-hybridized carbons (Fsp3) is 0.600. The van der Waals surface area contributed by atoms with Crippen molar-refractivity contribution in [2.24, 2.45) is 5.92 Å². The van der Waals surface area contributed by atoms with Crippen molar-refractivity contribution in [3.05, 3.63) is 23.9 Å². The topological polar surface area (TPSA) is 51.2 Å². The van der Waals surface area contributed by atoms with Crippen molar-refractivity contribution in [3.63, 3.8) is 0 Å². The minimum Gasteiger partial charge on any atom is -0.465 e. The first-order valence-electron chi connectivity index (χ1n) is 7.02. The minimum absolute atomic E-state index is 0.336. The van der Waals surface area contributed by atoms with Gasteiger partial charge < -0.3 is 10.1 Å². The number of methoxy groups -OCH3 is 1. The summed E-state index contributed by atoms with van der Waals surface area (Å²) >= 11 is 0. The fourth-order valence-electron chi connectivity index (χ4n) is 2.68. The van der Waals surface area contributed by atoms with E-state index in [1.165, 1.54) is 32.8 Å². The number of carbonyl (C=O) groups excluding carboxylic acids is 1. The van der Waals surface area contributed by atoms with E-state index in [1.54, 1.807) is 18.3 Å². The van der Waals surface area contributed by atoms with Crippen LogP contribution in [0.3, 0.4) is 0 Å². The maximum absolute atomic E-state index is 11.7. The summed E-state index contributed by atoms with van der Waals surface area (Å²) in [7, 11) is 1.40. The van der Waals surface area contributed by atoms with E-state index in [-0.39, 0.29) is 5.97 Å². The monoisotopic (exact) mass is 262 g/mol. The number of anilines is 1. The van der Waals surface area contributed by atoms with Crippen LogP contribution in [0.2, 0.25) is 0 Å². The van der Waals surface area contributed by atoms with Crippen LogP contribution in [0.4, 0.5) is 5.82 Å². The Hall–Kier alpha value is -1.58. The van der Waals surface area contributed by atoms with Crippen LogP contribution >= 0.6 is 0 Å². The smallest absolute Gasteiger partial charge is 0.341 e. The Labute approximate surface area is 114 Å². The molecule has 2 atom stereocenters. The van der Waals surface area contributed by atoms with Gasteiger partial charge in [-0.25, -0.2) is 9.78 Å². The molecule has 1 aliphatic carbocycles. The maximum atomic E-state index is 11.7. The van der Waals surface area contributed by atoms with Gasteiger partial charge in [-0.05, 0) is 30.9 Å². The second-order valence-corrected chi connectivity index (χ2v) is 5.26. The highest BCUT2D eigenvalue weighted by atomic mass is 16.5. The molecule has 0 saturated heterocycles. The van der Waals surface area contributed by atoms with E-state index in [0.717, 1.165) is 6.42 Å². The highest BCUT2D eigenvalue weighted by Crippen LogP contribution is 2.26. The summed E-state index contributed by atoms with van der Waals surface area (Å²) in [5, 5.41) is 3.44. The number of hydrogen-bond donors (Lipinski definition) is 1. The number of nitrogens with one attached hydrogen (secondary N) is 1. The van der Waals surface area contributed by atoms with Gasteiger partial charge in [-0.3, -0.25) is 0 Å². The van der Waals surface area contributed by atoms with Gasteiger partial charge in [0, 0.05) is 12.2 Å². The lowest BCUT2D eigenvalue weighted by atomic mass is 9.97. The van der Waals surface area contributed by atoms with Gasteiger partial charge in [0.25, 0.3) is 0 Å². The van der Waals surface area contributed by atoms with Crippen LogP contribution in [0, 0.1) is 5.92 Å². The van der Waals surface area contributed by atoms with E-state index < -0.39 is 0 Å². The summed E-state index contributed by atoms with van der Waals surface area (Å²) in [6.45, 7) is 2.27. The molecular formula is C15H22N2O2. The predicted octanol–water partition coefficient (Wildman–Crippen LogP) is 3.25. The number of aromatic nitrogens is 1. The third-order valence-electron chi connectivity index (χ3n) is 3.90. The molecule has 1 fully saturated rings. The van der Waals surface area contributed by atoms with Crippen LogP contribution in [0.1, 0.15) is 49.4 Å². The quantitative estimate of drug-likeness (QED) is 0.671. The van der Waals surface area contributed by atoms with E-state index in [9.17, 15) is 4.79 Å². The molecule has 19 heavy (non-hydrogen) atoms. The van der Waals surface area contributed by atoms with Crippen LogP contribution in [0.25, 0.3) is 0 Å². The molecule has 1 heterocycles. The highest BCUT2D eigenvalue weighted by Gasteiger charge is 2.22. The molecule has 1 saturated carbocycles. The third-order valence-corrected chi connectivity index (χ3v) is 3.90. The largest absolute Gasteiger partial charge is 0.465 e. The second kappa shape index (κ2) is 6.55. The molecule has 1 aromatic rings. The summed E-state index contributed by atoms with van der Waals surface area (Å²) in [4.78, 5) is 16.0. The van der Waals surface area contributed by atoms with E-state index in [4.69, 9.17) is 4.74 Å². The summed E-state index contributed by atoms with van der Waals surface area (Å²) in [6, 6.07) is 3.90. The van der Waals surface area contributed by atoms with Crippen LogP contribution in [0.5, 0.6) is 0 Å². The fourth-order valence-corrected chi connectivity index (χ4v) is 2.68. The molecule has 0 amide bonds. The van der Waals surface area contributed by atoms with Gasteiger partial charge in [0.1, 0.15) is 11.4 Å². The summed E-state index contributed by atoms with van der Waals surface area (Å²) < 4.78 is 4.80. The molecule has 0 aliphatic heterocycles. The van der Waals surface area contributed by atoms with E-state index in [1.807, 2.05) is 0 Å². The predicted molar refractivity (Wildman–Crippen MR) is 75.2 cm³/mol. The number of esters is 1. The Balaban J connectivity index is 2.15. The zero-order chi connectivity index (χ0) is 13.7.